The van der Waals surface area contributed by atoms with Crippen molar-refractivity contribution in [1.29, 1.82) is 0 Å². The Morgan fingerprint density at radius 3 is 2.33 bits per heavy atom. The molecule has 1 heterocycles. The predicted molar refractivity (Wildman–Crippen MR) is 147 cm³/mol. The molecular formula is C29H38N4O7. The maximum absolute atomic E-state index is 14.0. The number of likely N-dealkylation sites (N-methyl/N-ethyl adjacent to an activating group) is 1. The number of aliphatic hydroxyl groups is 3. The van der Waals surface area contributed by atoms with E-state index in [9.17, 15) is 34.8 Å². The Morgan fingerprint density at radius 1 is 1.10 bits per heavy atom. The number of ketones is 2. The minimum atomic E-state index is -2.64. The molecule has 4 aliphatic rings. The lowest BCUT2D eigenvalue weighted by atomic mass is 9.58. The van der Waals surface area contributed by atoms with Gasteiger partial charge in [-0.25, -0.2) is 0 Å². The van der Waals surface area contributed by atoms with Gasteiger partial charge in [-0.2, -0.15) is 0 Å². The summed E-state index contributed by atoms with van der Waals surface area (Å²) in [6.45, 7) is 2.53. The van der Waals surface area contributed by atoms with Crippen LogP contribution in [0.3, 0.4) is 0 Å². The highest BCUT2D eigenvalue weighted by atomic mass is 16.3. The van der Waals surface area contributed by atoms with Crippen LogP contribution in [-0.2, 0) is 22.6 Å². The standard InChI is InChI=1S/C29H38N4O7/c1-31(2)22-15(13-33-8-6-5-7-9-33)12-18(34)20-16(22)10-14-11-17-23(32(3)4)25(36)21(28(30)39)27(38)29(17,40)26(37)19(14)24(20)35/h12,14,17,23,34,36-37,40H,5-11,13H2,1-4H3,(H2,30,39)/t14-,17-,23-,29-/m0/s1. The third-order valence-electron chi connectivity index (χ3n) is 9.06. The van der Waals surface area contributed by atoms with Crippen molar-refractivity contribution in [2.45, 2.75) is 50.3 Å². The lowest BCUT2D eigenvalue weighted by Crippen LogP contribution is -2.63. The molecule has 11 nitrogen and oxygen atoms in total. The summed E-state index contributed by atoms with van der Waals surface area (Å²) in [6.07, 6.45) is 3.74. The van der Waals surface area contributed by atoms with Crippen LogP contribution in [0.2, 0.25) is 0 Å². The van der Waals surface area contributed by atoms with Crippen LogP contribution in [0, 0.1) is 11.8 Å². The minimum absolute atomic E-state index is 0.0341. The summed E-state index contributed by atoms with van der Waals surface area (Å²) in [5.41, 5.74) is 4.20. The molecule has 0 bridgehead atoms. The monoisotopic (exact) mass is 554 g/mol. The number of rotatable bonds is 5. The number of anilines is 1. The van der Waals surface area contributed by atoms with Gasteiger partial charge in [-0.05, 0) is 76.0 Å². The average Bonchev–Trinajstić information content (AvgIpc) is 2.86. The number of allylic oxidation sites excluding steroid dienone is 1. The SMILES string of the molecule is CN(C)c1c(CN2CCCCC2)cc(O)c2c1C[C@H]1C[C@H]3[C@H](N(C)C)C(O)=C(C(N)=O)C(=O)[C@@]3(O)C(O)=C1C2=O. The number of amides is 1. The fourth-order valence-electron chi connectivity index (χ4n) is 7.41. The van der Waals surface area contributed by atoms with Crippen LogP contribution >= 0.6 is 0 Å². The highest BCUT2D eigenvalue weighted by Crippen LogP contribution is 2.53. The number of likely N-dealkylation sites (tertiary alicyclic amines) is 1. The lowest BCUT2D eigenvalue weighted by Gasteiger charge is -2.50. The Morgan fingerprint density at radius 2 is 1.75 bits per heavy atom. The van der Waals surface area contributed by atoms with Gasteiger partial charge in [0.15, 0.2) is 11.4 Å². The second kappa shape index (κ2) is 9.90. The van der Waals surface area contributed by atoms with Crippen molar-refractivity contribution in [3.63, 3.8) is 0 Å². The average molecular weight is 555 g/mol. The van der Waals surface area contributed by atoms with Crippen LogP contribution in [0.15, 0.2) is 28.7 Å². The van der Waals surface area contributed by atoms with E-state index >= 15 is 0 Å². The molecular weight excluding hydrogens is 516 g/mol. The number of aliphatic hydroxyl groups excluding tert-OH is 2. The number of Topliss-reactive ketones (excluding diaryl/α,β-unsaturated/α-hetero) is 2. The molecule has 1 saturated heterocycles. The van der Waals surface area contributed by atoms with Crippen molar-refractivity contribution in [3.05, 3.63) is 45.4 Å². The number of carbonyl (C=O) groups is 3. The normalized spacial score (nSPS) is 28.9. The first-order valence-electron chi connectivity index (χ1n) is 13.7. The summed E-state index contributed by atoms with van der Waals surface area (Å²) < 4.78 is 0. The Kier molecular flexibility index (Phi) is 6.96. The van der Waals surface area contributed by atoms with Crippen LogP contribution in [-0.4, -0.2) is 101 Å². The molecule has 11 heteroatoms. The fourth-order valence-corrected chi connectivity index (χ4v) is 7.41. The van der Waals surface area contributed by atoms with Crippen molar-refractivity contribution in [2.24, 2.45) is 17.6 Å². The summed E-state index contributed by atoms with van der Waals surface area (Å²) >= 11 is 0. The number of carbonyl (C=O) groups excluding carboxylic acids is 3. The number of fused-ring (bicyclic) bond motifs is 3. The highest BCUT2D eigenvalue weighted by molar-refractivity contribution is 6.24. The molecule has 216 valence electrons. The number of benzene rings is 1. The molecule has 6 N–H and O–H groups in total. The molecule has 40 heavy (non-hydrogen) atoms. The number of hydrogen-bond acceptors (Lipinski definition) is 10. The van der Waals surface area contributed by atoms with E-state index in [1.165, 1.54) is 6.42 Å². The third kappa shape index (κ3) is 4.02. The first-order valence-corrected chi connectivity index (χ1v) is 13.7. The molecule has 0 spiro atoms. The number of aromatic hydroxyl groups is 1. The number of nitrogens with zero attached hydrogens (tertiary/aromatic N) is 3. The molecule has 4 atom stereocenters. The van der Waals surface area contributed by atoms with Crippen molar-refractivity contribution < 1.29 is 34.8 Å². The van der Waals surface area contributed by atoms with E-state index in [1.807, 2.05) is 19.0 Å². The molecule has 0 radical (unpaired) electrons. The van der Waals surface area contributed by atoms with Gasteiger partial charge in [-0.15, -0.1) is 0 Å². The van der Waals surface area contributed by atoms with Crippen LogP contribution in [0.1, 0.15) is 47.2 Å². The van der Waals surface area contributed by atoms with Crippen molar-refractivity contribution in [2.75, 3.05) is 46.2 Å². The molecule has 1 aromatic rings. The van der Waals surface area contributed by atoms with Gasteiger partial charge < -0.3 is 31.1 Å². The van der Waals surface area contributed by atoms with Crippen LogP contribution in [0.4, 0.5) is 5.69 Å². The van der Waals surface area contributed by atoms with Gasteiger partial charge in [0.05, 0.1) is 11.6 Å². The molecule has 0 aromatic heterocycles. The maximum Gasteiger partial charge on any atom is 0.255 e. The van der Waals surface area contributed by atoms with E-state index in [4.69, 9.17) is 5.73 Å². The predicted octanol–water partition coefficient (Wildman–Crippen LogP) is 1.17. The van der Waals surface area contributed by atoms with Gasteiger partial charge in [-0.3, -0.25) is 24.2 Å². The summed E-state index contributed by atoms with van der Waals surface area (Å²) in [7, 11) is 7.00. The van der Waals surface area contributed by atoms with E-state index in [2.05, 4.69) is 4.90 Å². The van der Waals surface area contributed by atoms with Gasteiger partial charge in [0.2, 0.25) is 5.78 Å². The zero-order valence-electron chi connectivity index (χ0n) is 23.4. The van der Waals surface area contributed by atoms with Gasteiger partial charge in [0.25, 0.3) is 5.91 Å². The Labute approximate surface area is 233 Å². The summed E-state index contributed by atoms with van der Waals surface area (Å²) in [6, 6.07) is 0.580. The fraction of sp³-hybridized carbons (Fsp3) is 0.552. The number of primary amides is 1. The lowest BCUT2D eigenvalue weighted by molar-refractivity contribution is -0.148. The van der Waals surface area contributed by atoms with Crippen molar-refractivity contribution >= 4 is 23.2 Å². The molecule has 1 aromatic carbocycles. The van der Waals surface area contributed by atoms with Crippen LogP contribution in [0.5, 0.6) is 5.75 Å². The Hall–Kier alpha value is -3.41. The Balaban J connectivity index is 1.67. The molecule has 0 unspecified atom stereocenters. The zero-order chi connectivity index (χ0) is 29.3. The van der Waals surface area contributed by atoms with Gasteiger partial charge >= 0.3 is 0 Å². The van der Waals surface area contributed by atoms with E-state index in [0.717, 1.165) is 37.2 Å². The Bertz CT molecular complexity index is 1360. The summed E-state index contributed by atoms with van der Waals surface area (Å²) in [4.78, 5) is 45.4. The largest absolute Gasteiger partial charge is 0.510 e. The van der Waals surface area contributed by atoms with E-state index in [0.29, 0.717) is 12.1 Å². The molecule has 1 aliphatic heterocycles. The number of phenols is 1. The first-order chi connectivity index (χ1) is 18.8. The molecule has 5 rings (SSSR count). The quantitative estimate of drug-likeness (QED) is 0.333. The smallest absolute Gasteiger partial charge is 0.255 e. The van der Waals surface area contributed by atoms with Gasteiger partial charge in [-0.1, -0.05) is 6.42 Å². The van der Waals surface area contributed by atoms with Gasteiger partial charge in [0.1, 0.15) is 22.8 Å². The third-order valence-corrected chi connectivity index (χ3v) is 9.06. The van der Waals surface area contributed by atoms with E-state index < -0.39 is 58.0 Å². The van der Waals surface area contributed by atoms with Crippen molar-refractivity contribution in [3.8, 4) is 5.75 Å². The maximum atomic E-state index is 14.0. The number of phenolic OH excluding ortho intramolecular Hbond substituents is 1. The number of piperidine rings is 1. The van der Waals surface area contributed by atoms with Crippen LogP contribution in [0.25, 0.3) is 0 Å². The molecule has 1 amide bonds. The summed E-state index contributed by atoms with van der Waals surface area (Å²) in [5, 5.41) is 45.3. The molecule has 3 aliphatic carbocycles. The van der Waals surface area contributed by atoms with E-state index in [1.54, 1.807) is 25.1 Å². The zero-order valence-corrected chi connectivity index (χ0v) is 23.4. The highest BCUT2D eigenvalue weighted by Gasteiger charge is 2.63. The topological polar surface area (TPSA) is 168 Å². The molecule has 1 fully saturated rings. The summed E-state index contributed by atoms with van der Waals surface area (Å²) in [5.74, 6) is -6.45. The second-order valence-corrected chi connectivity index (χ2v) is 12.0. The first kappa shape index (κ1) is 28.1. The van der Waals surface area contributed by atoms with Crippen molar-refractivity contribution in [1.82, 2.24) is 9.80 Å². The van der Waals surface area contributed by atoms with Crippen LogP contribution < -0.4 is 10.6 Å². The van der Waals surface area contributed by atoms with Gasteiger partial charge in [0, 0.05) is 37.8 Å². The molecule has 0 saturated carbocycles. The minimum Gasteiger partial charge on any atom is -0.510 e. The van der Waals surface area contributed by atoms with E-state index in [-0.39, 0.29) is 29.7 Å². The number of hydrogen-bond donors (Lipinski definition) is 5. The number of nitrogens with two attached hydrogens (primary N) is 1. The second-order valence-electron chi connectivity index (χ2n) is 12.0.